The number of benzene rings is 2. The zero-order chi connectivity index (χ0) is 15.9. The highest BCUT2D eigenvalue weighted by atomic mass is 16.5. The Morgan fingerprint density at radius 2 is 1.95 bits per heavy atom. The molecule has 0 saturated heterocycles. The molecule has 3 nitrogen and oxygen atoms in total. The van der Waals surface area contributed by atoms with Gasteiger partial charge in [-0.1, -0.05) is 44.2 Å². The van der Waals surface area contributed by atoms with Crippen molar-refractivity contribution < 1.29 is 9.53 Å². The van der Waals surface area contributed by atoms with Gasteiger partial charge in [0.05, 0.1) is 13.5 Å². The smallest absolute Gasteiger partial charge is 0.228 e. The van der Waals surface area contributed by atoms with Gasteiger partial charge in [-0.3, -0.25) is 4.79 Å². The first-order chi connectivity index (χ1) is 10.6. The fourth-order valence-corrected chi connectivity index (χ4v) is 2.42. The van der Waals surface area contributed by atoms with Crippen LogP contribution in [0.2, 0.25) is 0 Å². The molecule has 0 aliphatic heterocycles. The molecule has 0 aliphatic rings. The van der Waals surface area contributed by atoms with Crippen molar-refractivity contribution in [1.82, 2.24) is 0 Å². The number of carbonyl (C=O) groups is 1. The first-order valence-corrected chi connectivity index (χ1v) is 7.65. The molecule has 22 heavy (non-hydrogen) atoms. The van der Waals surface area contributed by atoms with Crippen LogP contribution in [-0.2, 0) is 11.2 Å². The van der Waals surface area contributed by atoms with Crippen molar-refractivity contribution in [3.8, 4) is 5.75 Å². The summed E-state index contributed by atoms with van der Waals surface area (Å²) in [7, 11) is 1.63. The van der Waals surface area contributed by atoms with Crippen molar-refractivity contribution >= 4 is 11.6 Å². The van der Waals surface area contributed by atoms with E-state index in [1.807, 2.05) is 42.5 Å². The van der Waals surface area contributed by atoms with Gasteiger partial charge in [0.15, 0.2) is 0 Å². The van der Waals surface area contributed by atoms with Crippen molar-refractivity contribution in [2.75, 3.05) is 12.4 Å². The number of para-hydroxylation sites is 1. The predicted octanol–water partition coefficient (Wildman–Crippen LogP) is 4.39. The average Bonchev–Trinajstić information content (AvgIpc) is 2.54. The number of anilines is 1. The molecule has 116 valence electrons. The quantitative estimate of drug-likeness (QED) is 0.858. The fourth-order valence-electron chi connectivity index (χ4n) is 2.42. The number of hydrogen-bond donors (Lipinski definition) is 1. The third-order valence-electron chi connectivity index (χ3n) is 3.88. The van der Waals surface area contributed by atoms with Gasteiger partial charge in [0.1, 0.15) is 5.75 Å². The van der Waals surface area contributed by atoms with Crippen molar-refractivity contribution in [3.63, 3.8) is 0 Å². The molecule has 0 aliphatic carbocycles. The molecule has 1 atom stereocenters. The minimum atomic E-state index is -0.0102. The Balaban J connectivity index is 2.09. The first-order valence-electron chi connectivity index (χ1n) is 7.65. The van der Waals surface area contributed by atoms with Crippen LogP contribution < -0.4 is 10.1 Å². The number of hydrogen-bond acceptors (Lipinski definition) is 2. The molecule has 1 amide bonds. The van der Waals surface area contributed by atoms with E-state index in [0.29, 0.717) is 12.3 Å². The Kier molecular flexibility index (Phi) is 5.59. The summed E-state index contributed by atoms with van der Waals surface area (Å²) in [6.45, 7) is 4.33. The van der Waals surface area contributed by atoms with Crippen molar-refractivity contribution in [3.05, 3.63) is 59.7 Å². The fraction of sp³-hybridized carbons (Fsp3) is 0.316. The number of rotatable bonds is 6. The van der Waals surface area contributed by atoms with Gasteiger partial charge in [-0.2, -0.15) is 0 Å². The molecular formula is C19H23NO2. The maximum atomic E-state index is 12.3. The van der Waals surface area contributed by atoms with Gasteiger partial charge in [0, 0.05) is 5.69 Å². The Labute approximate surface area is 132 Å². The molecule has 2 aromatic rings. The number of carbonyl (C=O) groups excluding carboxylic acids is 1. The molecular weight excluding hydrogens is 274 g/mol. The molecule has 3 heteroatoms. The van der Waals surface area contributed by atoms with Gasteiger partial charge in [0.25, 0.3) is 0 Å². The van der Waals surface area contributed by atoms with Gasteiger partial charge in [-0.05, 0) is 41.7 Å². The van der Waals surface area contributed by atoms with E-state index < -0.39 is 0 Å². The molecule has 2 aromatic carbocycles. The molecule has 0 fully saturated rings. The van der Waals surface area contributed by atoms with Gasteiger partial charge < -0.3 is 10.1 Å². The second kappa shape index (κ2) is 7.64. The summed E-state index contributed by atoms with van der Waals surface area (Å²) in [5.74, 6) is 1.18. The second-order valence-corrected chi connectivity index (χ2v) is 5.47. The Bertz CT molecular complexity index is 637. The van der Waals surface area contributed by atoms with Gasteiger partial charge >= 0.3 is 0 Å². The van der Waals surface area contributed by atoms with Crippen LogP contribution in [0.25, 0.3) is 0 Å². The zero-order valence-corrected chi connectivity index (χ0v) is 13.4. The summed E-state index contributed by atoms with van der Waals surface area (Å²) in [4.78, 5) is 12.3. The topological polar surface area (TPSA) is 38.3 Å². The van der Waals surface area contributed by atoms with Crippen molar-refractivity contribution in [2.24, 2.45) is 0 Å². The molecule has 0 spiro atoms. The van der Waals surface area contributed by atoms with Crippen LogP contribution in [-0.4, -0.2) is 13.0 Å². The third kappa shape index (κ3) is 4.10. The van der Waals surface area contributed by atoms with E-state index in [1.165, 1.54) is 5.56 Å². The summed E-state index contributed by atoms with van der Waals surface area (Å²) in [6.07, 6.45) is 1.38. The Morgan fingerprint density at radius 1 is 1.18 bits per heavy atom. The van der Waals surface area contributed by atoms with Crippen LogP contribution in [0.15, 0.2) is 48.5 Å². The van der Waals surface area contributed by atoms with Crippen molar-refractivity contribution in [1.29, 1.82) is 0 Å². The lowest BCUT2D eigenvalue weighted by Crippen LogP contribution is -2.16. The monoisotopic (exact) mass is 297 g/mol. The number of amides is 1. The summed E-state index contributed by atoms with van der Waals surface area (Å²) in [5, 5.41) is 3.03. The van der Waals surface area contributed by atoms with E-state index in [-0.39, 0.29) is 5.91 Å². The average molecular weight is 297 g/mol. The highest BCUT2D eigenvalue weighted by molar-refractivity contribution is 5.93. The summed E-state index contributed by atoms with van der Waals surface area (Å²) >= 11 is 0. The van der Waals surface area contributed by atoms with Crippen LogP contribution in [0.4, 0.5) is 5.69 Å². The van der Waals surface area contributed by atoms with Crippen LogP contribution in [0.1, 0.15) is 37.3 Å². The summed E-state index contributed by atoms with van der Waals surface area (Å²) in [5.41, 5.74) is 3.03. The third-order valence-corrected chi connectivity index (χ3v) is 3.88. The normalized spacial score (nSPS) is 11.8. The van der Waals surface area contributed by atoms with E-state index in [1.54, 1.807) is 7.11 Å². The van der Waals surface area contributed by atoms with Gasteiger partial charge in [-0.15, -0.1) is 0 Å². The summed E-state index contributed by atoms with van der Waals surface area (Å²) < 4.78 is 5.19. The van der Waals surface area contributed by atoms with E-state index in [2.05, 4.69) is 25.2 Å². The van der Waals surface area contributed by atoms with Crippen LogP contribution >= 0.6 is 0 Å². The minimum Gasteiger partial charge on any atom is -0.497 e. The molecule has 2 rings (SSSR count). The molecule has 0 bridgehead atoms. The van der Waals surface area contributed by atoms with Crippen molar-refractivity contribution in [2.45, 2.75) is 32.6 Å². The lowest BCUT2D eigenvalue weighted by Gasteiger charge is -2.15. The van der Waals surface area contributed by atoms with Crippen LogP contribution in [0.5, 0.6) is 5.75 Å². The predicted molar refractivity (Wildman–Crippen MR) is 90.5 cm³/mol. The van der Waals surface area contributed by atoms with E-state index in [9.17, 15) is 4.79 Å². The number of methoxy groups -OCH3 is 1. The molecule has 0 saturated carbocycles. The molecule has 0 radical (unpaired) electrons. The molecule has 1 unspecified atom stereocenters. The second-order valence-electron chi connectivity index (χ2n) is 5.47. The minimum absolute atomic E-state index is 0.0102. The first kappa shape index (κ1) is 16.1. The van der Waals surface area contributed by atoms with Gasteiger partial charge in [-0.25, -0.2) is 0 Å². The standard InChI is InChI=1S/C19H23NO2/c1-4-14(2)17-10-5-6-11-18(17)20-19(21)13-15-8-7-9-16(12-15)22-3/h5-12,14H,4,13H2,1-3H3,(H,20,21). The number of ether oxygens (including phenoxy) is 1. The Morgan fingerprint density at radius 3 is 2.68 bits per heavy atom. The van der Waals surface area contributed by atoms with Gasteiger partial charge in [0.2, 0.25) is 5.91 Å². The van der Waals surface area contributed by atoms with E-state index >= 15 is 0 Å². The molecule has 0 heterocycles. The number of nitrogens with one attached hydrogen (secondary N) is 1. The Hall–Kier alpha value is -2.29. The SMILES string of the molecule is CCC(C)c1ccccc1NC(=O)Cc1cccc(OC)c1. The molecule has 0 aromatic heterocycles. The van der Waals surface area contributed by atoms with Crippen LogP contribution in [0, 0.1) is 0 Å². The highest BCUT2D eigenvalue weighted by Crippen LogP contribution is 2.26. The maximum Gasteiger partial charge on any atom is 0.228 e. The lowest BCUT2D eigenvalue weighted by atomic mass is 9.97. The highest BCUT2D eigenvalue weighted by Gasteiger charge is 2.11. The van der Waals surface area contributed by atoms with E-state index in [0.717, 1.165) is 23.4 Å². The lowest BCUT2D eigenvalue weighted by molar-refractivity contribution is -0.115. The largest absolute Gasteiger partial charge is 0.497 e. The zero-order valence-electron chi connectivity index (χ0n) is 13.4. The van der Waals surface area contributed by atoms with Crippen LogP contribution in [0.3, 0.4) is 0 Å². The maximum absolute atomic E-state index is 12.3. The summed E-state index contributed by atoms with van der Waals surface area (Å²) in [6, 6.07) is 15.6. The molecule has 1 N–H and O–H groups in total. The van der Waals surface area contributed by atoms with E-state index in [4.69, 9.17) is 4.74 Å².